The lowest BCUT2D eigenvalue weighted by molar-refractivity contribution is 0.0618. The Hall–Kier alpha value is -0.940. The molecule has 0 radical (unpaired) electrons. The van der Waals surface area contributed by atoms with Crippen molar-refractivity contribution in [1.29, 1.82) is 0 Å². The van der Waals surface area contributed by atoms with Crippen molar-refractivity contribution in [1.82, 2.24) is 10.2 Å². The zero-order valence-electron chi connectivity index (χ0n) is 10.5. The third-order valence-corrected chi connectivity index (χ3v) is 4.64. The molecule has 3 aliphatic rings. The summed E-state index contributed by atoms with van der Waals surface area (Å²) in [4.78, 5) is 14.5. The molecule has 19 heavy (non-hydrogen) atoms. The smallest absolute Gasteiger partial charge is 0.254 e. The maximum Gasteiger partial charge on any atom is 0.254 e. The molecule has 0 aliphatic carbocycles. The molecule has 1 amide bonds. The fourth-order valence-corrected chi connectivity index (χ4v) is 3.41. The Labute approximate surface area is 120 Å². The number of carbonyl (C=O) groups excluding carboxylic acids is 1. The van der Waals surface area contributed by atoms with Gasteiger partial charge in [-0.1, -0.05) is 15.9 Å². The van der Waals surface area contributed by atoms with Crippen LogP contribution in [0, 0.1) is 11.7 Å². The molecule has 3 aliphatic heterocycles. The SMILES string of the molecule is O=C(NC1CN2CCC1CC2)c1cc(Br)ccc1F. The molecule has 1 aromatic carbocycles. The summed E-state index contributed by atoms with van der Waals surface area (Å²) in [7, 11) is 0. The first-order valence-electron chi connectivity index (χ1n) is 6.62. The number of hydrogen-bond donors (Lipinski definition) is 1. The van der Waals surface area contributed by atoms with Gasteiger partial charge in [0.05, 0.1) is 5.56 Å². The highest BCUT2D eigenvalue weighted by atomic mass is 79.9. The summed E-state index contributed by atoms with van der Waals surface area (Å²) in [5.74, 6) is -0.233. The summed E-state index contributed by atoms with van der Waals surface area (Å²) >= 11 is 3.27. The number of hydrogen-bond acceptors (Lipinski definition) is 2. The van der Waals surface area contributed by atoms with Crippen LogP contribution in [0.15, 0.2) is 22.7 Å². The van der Waals surface area contributed by atoms with Crippen LogP contribution in [-0.4, -0.2) is 36.5 Å². The van der Waals surface area contributed by atoms with Crippen molar-refractivity contribution in [2.75, 3.05) is 19.6 Å². The highest BCUT2D eigenvalue weighted by Gasteiger charge is 2.35. The van der Waals surface area contributed by atoms with Crippen molar-refractivity contribution in [3.63, 3.8) is 0 Å². The van der Waals surface area contributed by atoms with Gasteiger partial charge >= 0.3 is 0 Å². The average Bonchev–Trinajstić information content (AvgIpc) is 2.43. The van der Waals surface area contributed by atoms with E-state index in [-0.39, 0.29) is 17.5 Å². The Bertz CT molecular complexity index is 500. The van der Waals surface area contributed by atoms with Crippen LogP contribution < -0.4 is 5.32 Å². The first-order valence-corrected chi connectivity index (χ1v) is 7.41. The quantitative estimate of drug-likeness (QED) is 0.905. The molecule has 3 heterocycles. The summed E-state index contributed by atoms with van der Waals surface area (Å²) in [6, 6.07) is 4.61. The average molecular weight is 327 g/mol. The normalized spacial score (nSPS) is 29.3. The molecule has 5 heteroatoms. The molecule has 1 aromatic rings. The van der Waals surface area contributed by atoms with Gasteiger partial charge in [0, 0.05) is 17.1 Å². The Morgan fingerprint density at radius 1 is 1.37 bits per heavy atom. The molecule has 1 N–H and O–H groups in total. The maximum atomic E-state index is 13.7. The van der Waals surface area contributed by atoms with Crippen LogP contribution in [0.1, 0.15) is 23.2 Å². The minimum absolute atomic E-state index is 0.117. The first-order chi connectivity index (χ1) is 9.13. The van der Waals surface area contributed by atoms with Crippen molar-refractivity contribution in [2.24, 2.45) is 5.92 Å². The fourth-order valence-electron chi connectivity index (χ4n) is 3.05. The van der Waals surface area contributed by atoms with E-state index in [0.717, 1.165) is 32.5 Å². The van der Waals surface area contributed by atoms with Crippen LogP contribution in [0.25, 0.3) is 0 Å². The van der Waals surface area contributed by atoms with E-state index < -0.39 is 5.82 Å². The predicted octanol–water partition coefficient (Wildman–Crippen LogP) is 2.41. The standard InChI is InChI=1S/C14H16BrFN2O/c15-10-1-2-12(16)11(7-10)14(19)17-13-8-18-5-3-9(13)4-6-18/h1-2,7,9,13H,3-6,8H2,(H,17,19). The van der Waals surface area contributed by atoms with Crippen LogP contribution in [0.3, 0.4) is 0 Å². The molecule has 0 aromatic heterocycles. The summed E-state index contributed by atoms with van der Waals surface area (Å²) in [6.07, 6.45) is 2.26. The Morgan fingerprint density at radius 2 is 2.11 bits per heavy atom. The number of nitrogens with zero attached hydrogens (tertiary/aromatic N) is 1. The molecule has 3 nitrogen and oxygen atoms in total. The third-order valence-electron chi connectivity index (χ3n) is 4.15. The number of rotatable bonds is 2. The van der Waals surface area contributed by atoms with Crippen molar-refractivity contribution < 1.29 is 9.18 Å². The number of fused-ring (bicyclic) bond motifs is 3. The maximum absolute atomic E-state index is 13.7. The largest absolute Gasteiger partial charge is 0.348 e. The van der Waals surface area contributed by atoms with E-state index in [1.807, 2.05) is 0 Å². The minimum atomic E-state index is -0.470. The van der Waals surface area contributed by atoms with E-state index >= 15 is 0 Å². The van der Waals surface area contributed by atoms with Crippen LogP contribution >= 0.6 is 15.9 Å². The molecule has 4 rings (SSSR count). The van der Waals surface area contributed by atoms with Gasteiger partial charge < -0.3 is 10.2 Å². The third kappa shape index (κ3) is 2.67. The number of benzene rings is 1. The van der Waals surface area contributed by atoms with E-state index in [1.165, 1.54) is 12.1 Å². The van der Waals surface area contributed by atoms with E-state index in [9.17, 15) is 9.18 Å². The fraction of sp³-hybridized carbons (Fsp3) is 0.500. The zero-order chi connectivity index (χ0) is 13.4. The number of piperidine rings is 3. The predicted molar refractivity (Wildman–Crippen MR) is 74.5 cm³/mol. The zero-order valence-corrected chi connectivity index (χ0v) is 12.1. The highest BCUT2D eigenvalue weighted by Crippen LogP contribution is 2.27. The highest BCUT2D eigenvalue weighted by molar-refractivity contribution is 9.10. The Balaban J connectivity index is 1.73. The molecule has 0 spiro atoms. The molecule has 0 saturated carbocycles. The lowest BCUT2D eigenvalue weighted by Gasteiger charge is -2.44. The van der Waals surface area contributed by atoms with Crippen molar-refractivity contribution >= 4 is 21.8 Å². The second kappa shape index (κ2) is 5.21. The number of amides is 1. The molecule has 2 bridgehead atoms. The van der Waals surface area contributed by atoms with Crippen LogP contribution in [0.4, 0.5) is 4.39 Å². The second-order valence-corrected chi connectivity index (χ2v) is 6.26. The number of carbonyl (C=O) groups is 1. The van der Waals surface area contributed by atoms with Crippen LogP contribution in [-0.2, 0) is 0 Å². The monoisotopic (exact) mass is 326 g/mol. The van der Waals surface area contributed by atoms with Crippen molar-refractivity contribution in [2.45, 2.75) is 18.9 Å². The molecule has 1 unspecified atom stereocenters. The lowest BCUT2D eigenvalue weighted by atomic mass is 9.84. The molecule has 3 fully saturated rings. The van der Waals surface area contributed by atoms with E-state index in [1.54, 1.807) is 6.07 Å². The van der Waals surface area contributed by atoms with Gasteiger partial charge in [0.2, 0.25) is 0 Å². The van der Waals surface area contributed by atoms with Gasteiger partial charge in [-0.15, -0.1) is 0 Å². The van der Waals surface area contributed by atoms with Gasteiger partial charge in [0.25, 0.3) is 5.91 Å². The van der Waals surface area contributed by atoms with E-state index in [4.69, 9.17) is 0 Å². The molecule has 3 saturated heterocycles. The minimum Gasteiger partial charge on any atom is -0.348 e. The van der Waals surface area contributed by atoms with Crippen LogP contribution in [0.5, 0.6) is 0 Å². The summed E-state index contributed by atoms with van der Waals surface area (Å²) in [5.41, 5.74) is 0.117. The van der Waals surface area contributed by atoms with Crippen molar-refractivity contribution in [3.8, 4) is 0 Å². The van der Waals surface area contributed by atoms with Gasteiger partial charge in [0.15, 0.2) is 0 Å². The number of halogens is 2. The van der Waals surface area contributed by atoms with Crippen LogP contribution in [0.2, 0.25) is 0 Å². The topological polar surface area (TPSA) is 32.3 Å². The van der Waals surface area contributed by atoms with Gasteiger partial charge in [-0.2, -0.15) is 0 Å². The molecule has 102 valence electrons. The lowest BCUT2D eigenvalue weighted by Crippen LogP contribution is -2.57. The first kappa shape index (κ1) is 13.1. The van der Waals surface area contributed by atoms with Gasteiger partial charge in [0.1, 0.15) is 5.82 Å². The Morgan fingerprint density at radius 3 is 2.74 bits per heavy atom. The van der Waals surface area contributed by atoms with Crippen molar-refractivity contribution in [3.05, 3.63) is 34.1 Å². The number of nitrogens with one attached hydrogen (secondary N) is 1. The van der Waals surface area contributed by atoms with E-state index in [0.29, 0.717) is 10.4 Å². The summed E-state index contributed by atoms with van der Waals surface area (Å²) in [6.45, 7) is 3.15. The Kier molecular flexibility index (Phi) is 3.58. The van der Waals surface area contributed by atoms with Gasteiger partial charge in [-0.3, -0.25) is 4.79 Å². The summed E-state index contributed by atoms with van der Waals surface area (Å²) in [5, 5.41) is 2.99. The molecular weight excluding hydrogens is 311 g/mol. The van der Waals surface area contributed by atoms with Gasteiger partial charge in [-0.05, 0) is 50.0 Å². The van der Waals surface area contributed by atoms with Gasteiger partial charge in [-0.25, -0.2) is 4.39 Å². The molecular formula is C14H16BrFN2O. The summed E-state index contributed by atoms with van der Waals surface area (Å²) < 4.78 is 14.4. The second-order valence-electron chi connectivity index (χ2n) is 5.34. The molecule has 1 atom stereocenters. The van der Waals surface area contributed by atoms with E-state index in [2.05, 4.69) is 26.1 Å².